The van der Waals surface area contributed by atoms with E-state index in [-0.39, 0.29) is 35.7 Å². The molecule has 1 aromatic carbocycles. The number of sulfone groups is 1. The monoisotopic (exact) mass is 436 g/mol. The van der Waals surface area contributed by atoms with E-state index >= 15 is 0 Å². The maximum atomic E-state index is 13.9. The Morgan fingerprint density at radius 2 is 1.93 bits per heavy atom. The summed E-state index contributed by atoms with van der Waals surface area (Å²) >= 11 is 0. The van der Waals surface area contributed by atoms with Crippen LogP contribution in [-0.4, -0.2) is 68.9 Å². The SMILES string of the molecule is CN(C)CCCN(C(=O)CCc1ccc(-c2ccccc2F)o1)C1CCS(=O)(=O)C1. The molecule has 0 N–H and O–H groups in total. The summed E-state index contributed by atoms with van der Waals surface area (Å²) in [5, 5.41) is 0. The first kappa shape index (κ1) is 22.5. The van der Waals surface area contributed by atoms with E-state index in [1.807, 2.05) is 19.0 Å². The fourth-order valence-corrected chi connectivity index (χ4v) is 5.51. The van der Waals surface area contributed by atoms with Gasteiger partial charge < -0.3 is 14.2 Å². The van der Waals surface area contributed by atoms with Gasteiger partial charge in [0.25, 0.3) is 0 Å². The van der Waals surface area contributed by atoms with Crippen LogP contribution in [0.5, 0.6) is 0 Å². The van der Waals surface area contributed by atoms with Gasteiger partial charge in [-0.1, -0.05) is 12.1 Å². The van der Waals surface area contributed by atoms with Gasteiger partial charge in [-0.05, 0) is 57.7 Å². The fraction of sp³-hybridized carbons (Fsp3) is 0.500. The number of carbonyl (C=O) groups excluding carboxylic acids is 1. The average molecular weight is 437 g/mol. The Labute approximate surface area is 177 Å². The van der Waals surface area contributed by atoms with E-state index in [0.717, 1.165) is 13.0 Å². The molecule has 0 spiro atoms. The van der Waals surface area contributed by atoms with Gasteiger partial charge in [0.05, 0.1) is 17.1 Å². The van der Waals surface area contributed by atoms with Crippen LogP contribution in [0.25, 0.3) is 11.3 Å². The van der Waals surface area contributed by atoms with Gasteiger partial charge in [-0.2, -0.15) is 0 Å². The number of benzene rings is 1. The third-order valence-corrected chi connectivity index (χ3v) is 7.11. The number of hydrogen-bond acceptors (Lipinski definition) is 5. The highest BCUT2D eigenvalue weighted by molar-refractivity contribution is 7.91. The first-order valence-corrected chi connectivity index (χ1v) is 12.1. The Balaban J connectivity index is 1.63. The summed E-state index contributed by atoms with van der Waals surface area (Å²) in [6.45, 7) is 1.36. The lowest BCUT2D eigenvalue weighted by molar-refractivity contribution is -0.133. The molecule has 8 heteroatoms. The van der Waals surface area contributed by atoms with Gasteiger partial charge in [0.2, 0.25) is 5.91 Å². The van der Waals surface area contributed by atoms with Crippen molar-refractivity contribution in [1.82, 2.24) is 9.80 Å². The minimum atomic E-state index is -3.07. The van der Waals surface area contributed by atoms with Gasteiger partial charge in [0.1, 0.15) is 17.3 Å². The van der Waals surface area contributed by atoms with Crippen LogP contribution in [0, 0.1) is 5.82 Å². The molecule has 1 aliphatic rings. The smallest absolute Gasteiger partial charge is 0.223 e. The summed E-state index contributed by atoms with van der Waals surface area (Å²) in [7, 11) is 0.865. The van der Waals surface area contributed by atoms with Crippen LogP contribution in [0.15, 0.2) is 40.8 Å². The van der Waals surface area contributed by atoms with Crippen LogP contribution in [0.4, 0.5) is 4.39 Å². The van der Waals surface area contributed by atoms with Crippen molar-refractivity contribution in [2.24, 2.45) is 0 Å². The normalized spacial score (nSPS) is 18.1. The molecule has 164 valence electrons. The Bertz CT molecular complexity index is 971. The van der Waals surface area contributed by atoms with E-state index in [9.17, 15) is 17.6 Å². The maximum Gasteiger partial charge on any atom is 0.223 e. The standard InChI is InChI=1S/C22H29FN2O4S/c1-24(2)13-5-14-25(17-12-15-30(27,28)16-17)22(26)11-9-18-8-10-21(29-18)19-6-3-4-7-20(19)23/h3-4,6-8,10,17H,5,9,11-16H2,1-2H3. The van der Waals surface area contributed by atoms with Crippen molar-refractivity contribution in [1.29, 1.82) is 0 Å². The van der Waals surface area contributed by atoms with Gasteiger partial charge in [-0.3, -0.25) is 4.79 Å². The molecule has 1 unspecified atom stereocenters. The van der Waals surface area contributed by atoms with Crippen LogP contribution in [0.2, 0.25) is 0 Å². The number of nitrogens with zero attached hydrogens (tertiary/aromatic N) is 2. The van der Waals surface area contributed by atoms with Crippen molar-refractivity contribution in [2.75, 3.05) is 38.7 Å². The molecule has 30 heavy (non-hydrogen) atoms. The third-order valence-electron chi connectivity index (χ3n) is 5.36. The molecular formula is C22H29FN2O4S. The maximum absolute atomic E-state index is 13.9. The van der Waals surface area contributed by atoms with Gasteiger partial charge in [0.15, 0.2) is 9.84 Å². The molecule has 2 aromatic rings. The molecule has 2 heterocycles. The number of furan rings is 1. The van der Waals surface area contributed by atoms with Gasteiger partial charge >= 0.3 is 0 Å². The van der Waals surface area contributed by atoms with Crippen molar-refractivity contribution < 1.29 is 22.0 Å². The predicted octanol–water partition coefficient (Wildman–Crippen LogP) is 2.99. The minimum absolute atomic E-state index is 0.0406. The van der Waals surface area contributed by atoms with E-state index in [4.69, 9.17) is 4.42 Å². The summed E-state index contributed by atoms with van der Waals surface area (Å²) in [4.78, 5) is 16.7. The van der Waals surface area contributed by atoms with Gasteiger partial charge in [0, 0.05) is 25.4 Å². The highest BCUT2D eigenvalue weighted by atomic mass is 32.2. The molecule has 0 saturated carbocycles. The summed E-state index contributed by atoms with van der Waals surface area (Å²) in [6.07, 6.45) is 1.89. The first-order chi connectivity index (χ1) is 14.2. The number of aryl methyl sites for hydroxylation is 1. The topological polar surface area (TPSA) is 70.8 Å². The number of halogens is 1. The molecule has 1 amide bonds. The van der Waals surface area contributed by atoms with E-state index in [1.54, 1.807) is 35.2 Å². The van der Waals surface area contributed by atoms with Crippen LogP contribution >= 0.6 is 0 Å². The Morgan fingerprint density at radius 3 is 2.60 bits per heavy atom. The largest absolute Gasteiger partial charge is 0.461 e. The van der Waals surface area contributed by atoms with Crippen LogP contribution in [-0.2, 0) is 21.1 Å². The van der Waals surface area contributed by atoms with Gasteiger partial charge in [-0.25, -0.2) is 12.8 Å². The van der Waals surface area contributed by atoms with Crippen LogP contribution in [0.3, 0.4) is 0 Å². The number of amides is 1. The predicted molar refractivity (Wildman–Crippen MR) is 114 cm³/mol. The molecule has 1 aliphatic heterocycles. The second-order valence-corrected chi connectivity index (χ2v) is 10.3. The van der Waals surface area contributed by atoms with Crippen molar-refractivity contribution in [3.05, 3.63) is 48.0 Å². The molecule has 3 rings (SSSR count). The van der Waals surface area contributed by atoms with Crippen molar-refractivity contribution in [3.63, 3.8) is 0 Å². The molecule has 1 aromatic heterocycles. The lowest BCUT2D eigenvalue weighted by Gasteiger charge is -2.29. The van der Waals surface area contributed by atoms with E-state index in [2.05, 4.69) is 0 Å². The second-order valence-electron chi connectivity index (χ2n) is 8.05. The van der Waals surface area contributed by atoms with Crippen LogP contribution < -0.4 is 0 Å². The number of rotatable bonds is 9. The molecule has 0 bridgehead atoms. The molecular weight excluding hydrogens is 407 g/mol. The minimum Gasteiger partial charge on any atom is -0.461 e. The van der Waals surface area contributed by atoms with E-state index in [1.165, 1.54) is 6.07 Å². The Morgan fingerprint density at radius 1 is 1.17 bits per heavy atom. The Kier molecular flexibility index (Phi) is 7.31. The quantitative estimate of drug-likeness (QED) is 0.604. The van der Waals surface area contributed by atoms with Crippen molar-refractivity contribution >= 4 is 15.7 Å². The van der Waals surface area contributed by atoms with Crippen molar-refractivity contribution in [3.8, 4) is 11.3 Å². The van der Waals surface area contributed by atoms with Crippen molar-refractivity contribution in [2.45, 2.75) is 31.7 Å². The molecule has 1 fully saturated rings. The lowest BCUT2D eigenvalue weighted by atomic mass is 10.1. The zero-order valence-corrected chi connectivity index (χ0v) is 18.3. The van der Waals surface area contributed by atoms with E-state index in [0.29, 0.717) is 36.5 Å². The van der Waals surface area contributed by atoms with E-state index < -0.39 is 9.84 Å². The zero-order chi connectivity index (χ0) is 21.7. The average Bonchev–Trinajstić information content (AvgIpc) is 3.29. The highest BCUT2D eigenvalue weighted by Crippen LogP contribution is 2.26. The summed E-state index contributed by atoms with van der Waals surface area (Å²) in [5.41, 5.74) is 0.386. The summed E-state index contributed by atoms with van der Waals surface area (Å²) in [6, 6.07) is 9.59. The highest BCUT2D eigenvalue weighted by Gasteiger charge is 2.34. The molecule has 6 nitrogen and oxygen atoms in total. The first-order valence-electron chi connectivity index (χ1n) is 10.2. The van der Waals surface area contributed by atoms with Gasteiger partial charge in [-0.15, -0.1) is 0 Å². The Hall–Kier alpha value is -2.19. The second kappa shape index (κ2) is 9.75. The molecule has 1 atom stereocenters. The third kappa shape index (κ3) is 5.92. The molecule has 0 radical (unpaired) electrons. The summed E-state index contributed by atoms with van der Waals surface area (Å²) in [5.74, 6) is 0.788. The molecule has 1 saturated heterocycles. The zero-order valence-electron chi connectivity index (χ0n) is 17.5. The summed E-state index contributed by atoms with van der Waals surface area (Å²) < 4.78 is 43.5. The molecule has 0 aliphatic carbocycles. The van der Waals surface area contributed by atoms with Crippen LogP contribution in [0.1, 0.15) is 25.0 Å². The number of carbonyl (C=O) groups is 1. The number of hydrogen-bond donors (Lipinski definition) is 0. The lowest BCUT2D eigenvalue weighted by Crippen LogP contribution is -2.42. The fourth-order valence-electron chi connectivity index (χ4n) is 3.78.